The van der Waals surface area contributed by atoms with E-state index in [1.165, 1.54) is 16.7 Å². The van der Waals surface area contributed by atoms with Crippen molar-refractivity contribution in [2.75, 3.05) is 20.8 Å². The van der Waals surface area contributed by atoms with E-state index in [-0.39, 0.29) is 0 Å². The van der Waals surface area contributed by atoms with Crippen LogP contribution in [0.15, 0.2) is 18.2 Å². The van der Waals surface area contributed by atoms with E-state index in [0.29, 0.717) is 6.04 Å². The summed E-state index contributed by atoms with van der Waals surface area (Å²) in [5.74, 6) is 0. The Kier molecular flexibility index (Phi) is 5.50. The fraction of sp³-hybridized carbons (Fsp3) is 0.571. The lowest BCUT2D eigenvalue weighted by molar-refractivity contribution is 0.189. The number of nitrogens with one attached hydrogen (secondary N) is 1. The van der Waals surface area contributed by atoms with Gasteiger partial charge in [0.2, 0.25) is 0 Å². The third kappa shape index (κ3) is 3.32. The van der Waals surface area contributed by atoms with Crippen LogP contribution in [-0.2, 0) is 4.74 Å². The molecule has 0 amide bonds. The molecule has 1 aromatic carbocycles. The summed E-state index contributed by atoms with van der Waals surface area (Å²) in [6.07, 6.45) is 2.21. The zero-order valence-electron chi connectivity index (χ0n) is 10.8. The van der Waals surface area contributed by atoms with Crippen LogP contribution in [-0.4, -0.2) is 20.8 Å². The monoisotopic (exact) mass is 221 g/mol. The van der Waals surface area contributed by atoms with Gasteiger partial charge in [-0.1, -0.05) is 18.2 Å². The van der Waals surface area contributed by atoms with Gasteiger partial charge in [-0.2, -0.15) is 0 Å². The largest absolute Gasteiger partial charge is 0.385 e. The van der Waals surface area contributed by atoms with Gasteiger partial charge in [0.05, 0.1) is 0 Å². The van der Waals surface area contributed by atoms with Gasteiger partial charge in [0.25, 0.3) is 0 Å². The van der Waals surface area contributed by atoms with Crippen molar-refractivity contribution < 1.29 is 4.74 Å². The Bertz CT molecular complexity index is 302. The van der Waals surface area contributed by atoms with Gasteiger partial charge in [-0.25, -0.2) is 0 Å². The maximum Gasteiger partial charge on any atom is 0.0462 e. The highest BCUT2D eigenvalue weighted by atomic mass is 16.5. The van der Waals surface area contributed by atoms with Gasteiger partial charge in [0.15, 0.2) is 0 Å². The molecule has 0 aromatic heterocycles. The van der Waals surface area contributed by atoms with Crippen LogP contribution in [0.5, 0.6) is 0 Å². The molecule has 0 radical (unpaired) electrons. The Hall–Kier alpha value is -0.860. The molecule has 0 saturated carbocycles. The van der Waals surface area contributed by atoms with Crippen LogP contribution in [0.2, 0.25) is 0 Å². The molecule has 1 unspecified atom stereocenters. The first-order valence-corrected chi connectivity index (χ1v) is 5.93. The van der Waals surface area contributed by atoms with Crippen LogP contribution in [0.3, 0.4) is 0 Å². The first kappa shape index (κ1) is 13.2. The average Bonchev–Trinajstić information content (AvgIpc) is 2.26. The smallest absolute Gasteiger partial charge is 0.0462 e. The number of aryl methyl sites for hydroxylation is 2. The van der Waals surface area contributed by atoms with Crippen LogP contribution in [0.25, 0.3) is 0 Å². The highest BCUT2D eigenvalue weighted by molar-refractivity contribution is 5.36. The molecule has 0 heterocycles. The minimum absolute atomic E-state index is 0.441. The predicted octanol–water partition coefficient (Wildman–Crippen LogP) is 2.99. The Morgan fingerprint density at radius 1 is 1.25 bits per heavy atom. The number of methoxy groups -OCH3 is 1. The predicted molar refractivity (Wildman–Crippen MR) is 68.8 cm³/mol. The molecule has 0 aliphatic carbocycles. The summed E-state index contributed by atoms with van der Waals surface area (Å²) >= 11 is 0. The number of benzene rings is 1. The second-order valence-electron chi connectivity index (χ2n) is 4.28. The van der Waals surface area contributed by atoms with Crippen LogP contribution in [0, 0.1) is 13.8 Å². The number of hydrogen-bond acceptors (Lipinski definition) is 2. The summed E-state index contributed by atoms with van der Waals surface area (Å²) in [6, 6.07) is 6.93. The summed E-state index contributed by atoms with van der Waals surface area (Å²) in [5.41, 5.74) is 4.19. The minimum Gasteiger partial charge on any atom is -0.385 e. The molecule has 1 aromatic rings. The second kappa shape index (κ2) is 6.66. The zero-order valence-corrected chi connectivity index (χ0v) is 10.8. The lowest BCUT2D eigenvalue weighted by atomic mass is 9.93. The van der Waals surface area contributed by atoms with Gasteiger partial charge >= 0.3 is 0 Å². The summed E-state index contributed by atoms with van der Waals surface area (Å²) in [7, 11) is 3.79. The van der Waals surface area contributed by atoms with Crippen LogP contribution in [0.1, 0.15) is 35.6 Å². The maximum absolute atomic E-state index is 5.11. The van der Waals surface area contributed by atoms with Crippen LogP contribution in [0.4, 0.5) is 0 Å². The van der Waals surface area contributed by atoms with Crippen LogP contribution < -0.4 is 5.32 Å². The Morgan fingerprint density at radius 2 is 1.88 bits per heavy atom. The van der Waals surface area contributed by atoms with E-state index in [1.807, 2.05) is 7.05 Å². The number of hydrogen-bond donors (Lipinski definition) is 1. The molecular formula is C14H23NO. The first-order chi connectivity index (χ1) is 7.70. The van der Waals surface area contributed by atoms with Crippen LogP contribution >= 0.6 is 0 Å². The third-order valence-electron chi connectivity index (χ3n) is 3.08. The van der Waals surface area contributed by atoms with Gasteiger partial charge in [-0.3, -0.25) is 0 Å². The van der Waals surface area contributed by atoms with E-state index >= 15 is 0 Å². The van der Waals surface area contributed by atoms with Crippen molar-refractivity contribution in [2.24, 2.45) is 0 Å². The minimum atomic E-state index is 0.441. The van der Waals surface area contributed by atoms with Gasteiger partial charge in [-0.15, -0.1) is 0 Å². The highest BCUT2D eigenvalue weighted by Crippen LogP contribution is 2.25. The standard InChI is InChI=1S/C14H23NO/c1-11-7-5-8-12(2)14(11)13(15-3)9-6-10-16-4/h5,7-8,13,15H,6,9-10H2,1-4H3. The normalized spacial score (nSPS) is 12.8. The van der Waals surface area contributed by atoms with E-state index in [2.05, 4.69) is 37.4 Å². The highest BCUT2D eigenvalue weighted by Gasteiger charge is 2.13. The molecule has 2 heteroatoms. The van der Waals surface area contributed by atoms with E-state index in [4.69, 9.17) is 4.74 Å². The molecule has 0 aliphatic rings. The van der Waals surface area contributed by atoms with Crippen molar-refractivity contribution in [3.8, 4) is 0 Å². The van der Waals surface area contributed by atoms with Crippen molar-refractivity contribution >= 4 is 0 Å². The van der Waals surface area contributed by atoms with Crippen molar-refractivity contribution in [3.05, 3.63) is 34.9 Å². The Labute approximate surface area is 99.0 Å². The van der Waals surface area contributed by atoms with Gasteiger partial charge in [-0.05, 0) is 50.4 Å². The third-order valence-corrected chi connectivity index (χ3v) is 3.08. The number of rotatable bonds is 6. The molecule has 16 heavy (non-hydrogen) atoms. The molecule has 0 aliphatic heterocycles. The van der Waals surface area contributed by atoms with Crippen molar-refractivity contribution in [1.82, 2.24) is 5.32 Å². The summed E-state index contributed by atoms with van der Waals surface area (Å²) in [4.78, 5) is 0. The molecule has 1 N–H and O–H groups in total. The van der Waals surface area contributed by atoms with E-state index in [9.17, 15) is 0 Å². The molecule has 1 rings (SSSR count). The van der Waals surface area contributed by atoms with Crippen molar-refractivity contribution in [3.63, 3.8) is 0 Å². The number of ether oxygens (including phenoxy) is 1. The van der Waals surface area contributed by atoms with E-state index in [0.717, 1.165) is 19.4 Å². The average molecular weight is 221 g/mol. The molecule has 1 atom stereocenters. The fourth-order valence-corrected chi connectivity index (χ4v) is 2.24. The molecule has 0 saturated heterocycles. The topological polar surface area (TPSA) is 21.3 Å². The summed E-state index contributed by atoms with van der Waals surface area (Å²) in [5, 5.41) is 3.40. The molecular weight excluding hydrogens is 198 g/mol. The van der Waals surface area contributed by atoms with E-state index < -0.39 is 0 Å². The fourth-order valence-electron chi connectivity index (χ4n) is 2.24. The quantitative estimate of drug-likeness (QED) is 0.746. The molecule has 2 nitrogen and oxygen atoms in total. The lowest BCUT2D eigenvalue weighted by Crippen LogP contribution is -2.19. The Morgan fingerprint density at radius 3 is 2.38 bits per heavy atom. The van der Waals surface area contributed by atoms with E-state index in [1.54, 1.807) is 7.11 Å². The lowest BCUT2D eigenvalue weighted by Gasteiger charge is -2.21. The first-order valence-electron chi connectivity index (χ1n) is 5.93. The molecule has 90 valence electrons. The Balaban J connectivity index is 2.78. The molecule has 0 bridgehead atoms. The van der Waals surface area contributed by atoms with Gasteiger partial charge in [0.1, 0.15) is 0 Å². The molecule has 0 fully saturated rings. The summed E-state index contributed by atoms with van der Waals surface area (Å²) < 4.78 is 5.11. The van der Waals surface area contributed by atoms with Crippen molar-refractivity contribution in [1.29, 1.82) is 0 Å². The summed E-state index contributed by atoms with van der Waals surface area (Å²) in [6.45, 7) is 5.20. The van der Waals surface area contributed by atoms with Gasteiger partial charge < -0.3 is 10.1 Å². The van der Waals surface area contributed by atoms with Gasteiger partial charge in [0, 0.05) is 19.8 Å². The maximum atomic E-state index is 5.11. The second-order valence-corrected chi connectivity index (χ2v) is 4.28. The zero-order chi connectivity index (χ0) is 12.0. The molecule has 0 spiro atoms. The SMILES string of the molecule is CNC(CCCOC)c1c(C)cccc1C. The van der Waals surface area contributed by atoms with Crippen molar-refractivity contribution in [2.45, 2.75) is 32.7 Å².